The van der Waals surface area contributed by atoms with Gasteiger partial charge in [0.15, 0.2) is 11.6 Å². The molecule has 0 saturated heterocycles. The number of hydrogen-bond acceptors (Lipinski definition) is 1. The molecule has 1 aliphatic carbocycles. The van der Waals surface area contributed by atoms with E-state index in [4.69, 9.17) is 4.74 Å². The van der Waals surface area contributed by atoms with E-state index in [0.29, 0.717) is 29.0 Å². The Kier molecular flexibility index (Phi) is 8.74. The monoisotopic (exact) mass is 474 g/mol. The number of ether oxygens (including phenoxy) is 1. The second-order valence-corrected chi connectivity index (χ2v) is 9.82. The fraction of sp³-hybridized carbons (Fsp3) is 0.375. The molecule has 0 heterocycles. The van der Waals surface area contributed by atoms with Crippen LogP contribution in [-0.2, 0) is 6.42 Å². The van der Waals surface area contributed by atoms with Gasteiger partial charge in [-0.3, -0.25) is 0 Å². The normalized spacial score (nSPS) is 17.8. The van der Waals surface area contributed by atoms with Crippen LogP contribution in [0.15, 0.2) is 73.3 Å². The van der Waals surface area contributed by atoms with E-state index in [1.165, 1.54) is 32.1 Å². The molecule has 0 spiro atoms. The smallest absolute Gasteiger partial charge is 0.166 e. The molecule has 0 aromatic heterocycles. The molecule has 3 heteroatoms. The Hall–Kier alpha value is -2.94. The van der Waals surface area contributed by atoms with E-state index < -0.39 is 11.6 Å². The molecule has 0 N–H and O–H groups in total. The summed E-state index contributed by atoms with van der Waals surface area (Å²) < 4.78 is 35.1. The van der Waals surface area contributed by atoms with Crippen molar-refractivity contribution >= 4 is 0 Å². The second-order valence-electron chi connectivity index (χ2n) is 9.82. The number of halogens is 2. The average Bonchev–Trinajstić information content (AvgIpc) is 2.90. The van der Waals surface area contributed by atoms with Crippen LogP contribution in [-0.4, -0.2) is 6.61 Å². The lowest BCUT2D eigenvalue weighted by atomic mass is 9.80. The highest BCUT2D eigenvalue weighted by molar-refractivity contribution is 5.71. The largest absolute Gasteiger partial charge is 0.493 e. The molecule has 3 aromatic carbocycles. The second kappa shape index (κ2) is 12.2. The Morgan fingerprint density at radius 1 is 0.800 bits per heavy atom. The van der Waals surface area contributed by atoms with Gasteiger partial charge in [-0.15, -0.1) is 6.58 Å². The summed E-state index contributed by atoms with van der Waals surface area (Å²) in [6.07, 6.45) is 10.9. The molecule has 0 unspecified atom stereocenters. The Balaban J connectivity index is 1.34. The van der Waals surface area contributed by atoms with Crippen molar-refractivity contribution in [2.75, 3.05) is 6.61 Å². The molecule has 0 amide bonds. The van der Waals surface area contributed by atoms with Gasteiger partial charge in [0.25, 0.3) is 0 Å². The van der Waals surface area contributed by atoms with Gasteiger partial charge in [0.1, 0.15) is 5.75 Å². The minimum atomic E-state index is -0.768. The van der Waals surface area contributed by atoms with Gasteiger partial charge in [-0.05, 0) is 78.3 Å². The van der Waals surface area contributed by atoms with E-state index >= 15 is 0 Å². The predicted octanol–water partition coefficient (Wildman–Crippen LogP) is 9.40. The van der Waals surface area contributed by atoms with E-state index in [0.717, 1.165) is 42.2 Å². The Morgan fingerprint density at radius 2 is 1.40 bits per heavy atom. The zero-order valence-electron chi connectivity index (χ0n) is 20.7. The van der Waals surface area contributed by atoms with Crippen LogP contribution in [0.25, 0.3) is 22.3 Å². The molecule has 1 nitrogen and oxygen atoms in total. The SMILES string of the molecule is C=CCCC1CCC(COc2ccc(-c3ccc(-c4ccc(CCC)c(F)c4F)cc3)cc2)CC1. The highest BCUT2D eigenvalue weighted by atomic mass is 19.2. The number of allylic oxidation sites excluding steroid dienone is 1. The van der Waals surface area contributed by atoms with Crippen molar-refractivity contribution in [3.8, 4) is 28.0 Å². The Labute approximate surface area is 208 Å². The van der Waals surface area contributed by atoms with Gasteiger partial charge in [-0.2, -0.15) is 0 Å². The van der Waals surface area contributed by atoms with Crippen LogP contribution in [0.4, 0.5) is 8.78 Å². The zero-order chi connectivity index (χ0) is 24.6. The lowest BCUT2D eigenvalue weighted by Crippen LogP contribution is -2.20. The first-order valence-electron chi connectivity index (χ1n) is 13.0. The van der Waals surface area contributed by atoms with Crippen molar-refractivity contribution in [2.45, 2.75) is 58.3 Å². The van der Waals surface area contributed by atoms with Crippen LogP contribution < -0.4 is 4.74 Å². The van der Waals surface area contributed by atoms with Crippen molar-refractivity contribution in [3.63, 3.8) is 0 Å². The molecule has 184 valence electrons. The van der Waals surface area contributed by atoms with Gasteiger partial charge < -0.3 is 4.74 Å². The van der Waals surface area contributed by atoms with Gasteiger partial charge in [0.2, 0.25) is 0 Å². The Bertz CT molecular complexity index is 1090. The summed E-state index contributed by atoms with van der Waals surface area (Å²) in [5.41, 5.74) is 3.50. The summed E-state index contributed by atoms with van der Waals surface area (Å²) in [6.45, 7) is 6.57. The van der Waals surface area contributed by atoms with Gasteiger partial charge >= 0.3 is 0 Å². The first-order valence-corrected chi connectivity index (χ1v) is 13.0. The fourth-order valence-corrected chi connectivity index (χ4v) is 5.12. The van der Waals surface area contributed by atoms with Crippen molar-refractivity contribution in [1.82, 2.24) is 0 Å². The molecular formula is C32H36F2O. The maximum atomic E-state index is 14.6. The van der Waals surface area contributed by atoms with E-state index in [2.05, 4.69) is 18.7 Å². The van der Waals surface area contributed by atoms with Gasteiger partial charge in [-0.1, -0.05) is 80.8 Å². The maximum Gasteiger partial charge on any atom is 0.166 e. The topological polar surface area (TPSA) is 9.23 Å². The number of benzene rings is 3. The molecule has 4 rings (SSSR count). The molecule has 0 atom stereocenters. The minimum Gasteiger partial charge on any atom is -0.493 e. The van der Waals surface area contributed by atoms with Crippen molar-refractivity contribution in [1.29, 1.82) is 0 Å². The zero-order valence-corrected chi connectivity index (χ0v) is 20.7. The average molecular weight is 475 g/mol. The molecule has 3 aromatic rings. The van der Waals surface area contributed by atoms with Gasteiger partial charge in [0, 0.05) is 5.56 Å². The van der Waals surface area contributed by atoms with Crippen LogP contribution in [0.5, 0.6) is 5.75 Å². The standard InChI is InChI=1S/C32H36F2O/c1-3-5-7-23-8-10-24(11-9-23)22-35-29-19-16-26(17-20-29)25-12-14-27(15-13-25)30-21-18-28(6-4-2)31(33)32(30)34/h3,12-21,23-24H,1,4-11,22H2,2H3. The third-order valence-electron chi connectivity index (χ3n) is 7.30. The summed E-state index contributed by atoms with van der Waals surface area (Å²) in [7, 11) is 0. The summed E-state index contributed by atoms with van der Waals surface area (Å²) in [5.74, 6) is 0.887. The molecule has 1 aliphatic rings. The highest BCUT2D eigenvalue weighted by Crippen LogP contribution is 2.33. The number of hydrogen-bond donors (Lipinski definition) is 0. The third kappa shape index (κ3) is 6.39. The van der Waals surface area contributed by atoms with Crippen LogP contribution in [0.2, 0.25) is 0 Å². The lowest BCUT2D eigenvalue weighted by molar-refractivity contribution is 0.179. The predicted molar refractivity (Wildman–Crippen MR) is 142 cm³/mol. The van der Waals surface area contributed by atoms with E-state index in [9.17, 15) is 8.78 Å². The van der Waals surface area contributed by atoms with Crippen molar-refractivity contribution in [2.24, 2.45) is 11.8 Å². The van der Waals surface area contributed by atoms with E-state index in [-0.39, 0.29) is 0 Å². The first kappa shape index (κ1) is 25.2. The Morgan fingerprint density at radius 3 is 2.03 bits per heavy atom. The maximum absolute atomic E-state index is 14.6. The van der Waals surface area contributed by atoms with Crippen LogP contribution >= 0.6 is 0 Å². The number of aryl methyl sites for hydroxylation is 1. The molecule has 0 bridgehead atoms. The minimum absolute atomic E-state index is 0.299. The molecule has 1 saturated carbocycles. The summed E-state index contributed by atoms with van der Waals surface area (Å²) in [5, 5.41) is 0. The quantitative estimate of drug-likeness (QED) is 0.266. The van der Waals surface area contributed by atoms with Crippen LogP contribution in [0.3, 0.4) is 0 Å². The number of rotatable bonds is 10. The van der Waals surface area contributed by atoms with Crippen LogP contribution in [0, 0.1) is 23.5 Å². The highest BCUT2D eigenvalue weighted by Gasteiger charge is 2.21. The molecule has 0 aliphatic heterocycles. The van der Waals surface area contributed by atoms with E-state index in [1.807, 2.05) is 49.4 Å². The molecule has 1 fully saturated rings. The van der Waals surface area contributed by atoms with Crippen LogP contribution in [0.1, 0.15) is 57.4 Å². The lowest BCUT2D eigenvalue weighted by Gasteiger charge is -2.28. The summed E-state index contributed by atoms with van der Waals surface area (Å²) in [4.78, 5) is 0. The van der Waals surface area contributed by atoms with E-state index in [1.54, 1.807) is 12.1 Å². The molecule has 35 heavy (non-hydrogen) atoms. The first-order chi connectivity index (χ1) is 17.1. The fourth-order valence-electron chi connectivity index (χ4n) is 5.12. The third-order valence-corrected chi connectivity index (χ3v) is 7.30. The molecule has 0 radical (unpaired) electrons. The van der Waals surface area contributed by atoms with Crippen molar-refractivity contribution < 1.29 is 13.5 Å². The van der Waals surface area contributed by atoms with Crippen molar-refractivity contribution in [3.05, 3.63) is 90.5 Å². The summed E-state index contributed by atoms with van der Waals surface area (Å²) in [6, 6.07) is 19.1. The summed E-state index contributed by atoms with van der Waals surface area (Å²) >= 11 is 0. The van der Waals surface area contributed by atoms with Gasteiger partial charge in [-0.25, -0.2) is 8.78 Å². The van der Waals surface area contributed by atoms with Gasteiger partial charge in [0.05, 0.1) is 6.61 Å². The molecular weight excluding hydrogens is 438 g/mol.